The van der Waals surface area contributed by atoms with Crippen LogP contribution < -0.4 is 10.2 Å². The summed E-state index contributed by atoms with van der Waals surface area (Å²) in [6.07, 6.45) is 2.47. The van der Waals surface area contributed by atoms with Crippen molar-refractivity contribution in [2.75, 3.05) is 29.9 Å². The molecular formula is C17H19BrN2. The fraction of sp³-hybridized carbons (Fsp3) is 0.294. The molecule has 20 heavy (non-hydrogen) atoms. The first kappa shape index (κ1) is 13.5. The van der Waals surface area contributed by atoms with E-state index in [1.54, 1.807) is 0 Å². The molecule has 2 aromatic rings. The van der Waals surface area contributed by atoms with Crippen LogP contribution in [0.2, 0.25) is 0 Å². The summed E-state index contributed by atoms with van der Waals surface area (Å²) in [7, 11) is 0. The Labute approximate surface area is 128 Å². The second kappa shape index (κ2) is 6.31. The standard InChI is InChI=1S/C17H19BrN2/c18-15-7-9-16(10-8-15)19-11-13-20-12-3-5-14-4-1-2-6-17(14)20/h1-2,4,6-10,19H,3,5,11-13H2. The summed E-state index contributed by atoms with van der Waals surface area (Å²) in [6, 6.07) is 17.1. The van der Waals surface area contributed by atoms with Gasteiger partial charge in [0.1, 0.15) is 0 Å². The van der Waals surface area contributed by atoms with Crippen LogP contribution in [-0.4, -0.2) is 19.6 Å². The topological polar surface area (TPSA) is 15.3 Å². The van der Waals surface area contributed by atoms with E-state index in [4.69, 9.17) is 0 Å². The van der Waals surface area contributed by atoms with Crippen molar-refractivity contribution in [3.05, 3.63) is 58.6 Å². The summed E-state index contributed by atoms with van der Waals surface area (Å²) in [5.41, 5.74) is 4.08. The van der Waals surface area contributed by atoms with E-state index in [1.807, 2.05) is 0 Å². The van der Waals surface area contributed by atoms with Gasteiger partial charge in [-0.3, -0.25) is 0 Å². The number of hydrogen-bond donors (Lipinski definition) is 1. The zero-order valence-corrected chi connectivity index (χ0v) is 13.1. The molecule has 0 fully saturated rings. The highest BCUT2D eigenvalue weighted by atomic mass is 79.9. The maximum absolute atomic E-state index is 3.49. The van der Waals surface area contributed by atoms with Gasteiger partial charge in [-0.15, -0.1) is 0 Å². The molecule has 0 unspecified atom stereocenters. The van der Waals surface area contributed by atoms with E-state index in [0.29, 0.717) is 0 Å². The van der Waals surface area contributed by atoms with Crippen molar-refractivity contribution in [3.63, 3.8) is 0 Å². The molecule has 0 bridgehead atoms. The van der Waals surface area contributed by atoms with Gasteiger partial charge in [-0.1, -0.05) is 34.1 Å². The van der Waals surface area contributed by atoms with Crippen molar-refractivity contribution in [1.29, 1.82) is 0 Å². The molecule has 2 aromatic carbocycles. The number of halogens is 1. The Hall–Kier alpha value is -1.48. The van der Waals surface area contributed by atoms with Gasteiger partial charge in [0.25, 0.3) is 0 Å². The molecule has 0 spiro atoms. The van der Waals surface area contributed by atoms with Crippen LogP contribution in [0, 0.1) is 0 Å². The lowest BCUT2D eigenvalue weighted by molar-refractivity contribution is 0.698. The highest BCUT2D eigenvalue weighted by Gasteiger charge is 2.15. The lowest BCUT2D eigenvalue weighted by Crippen LogP contribution is -2.33. The van der Waals surface area contributed by atoms with Crippen LogP contribution in [0.1, 0.15) is 12.0 Å². The average Bonchev–Trinajstić information content (AvgIpc) is 2.49. The zero-order chi connectivity index (χ0) is 13.8. The number of benzene rings is 2. The second-order valence-corrected chi connectivity index (χ2v) is 6.07. The first-order chi connectivity index (χ1) is 9.83. The molecule has 0 amide bonds. The zero-order valence-electron chi connectivity index (χ0n) is 11.5. The average molecular weight is 331 g/mol. The molecule has 0 saturated heterocycles. The van der Waals surface area contributed by atoms with E-state index in [2.05, 4.69) is 74.7 Å². The summed E-state index contributed by atoms with van der Waals surface area (Å²) in [5.74, 6) is 0. The molecule has 0 radical (unpaired) electrons. The Morgan fingerprint density at radius 2 is 1.85 bits per heavy atom. The fourth-order valence-corrected chi connectivity index (χ4v) is 3.01. The smallest absolute Gasteiger partial charge is 0.0399 e. The van der Waals surface area contributed by atoms with Gasteiger partial charge in [0.15, 0.2) is 0 Å². The third-order valence-corrected chi connectivity index (χ3v) is 4.29. The molecule has 1 N–H and O–H groups in total. The van der Waals surface area contributed by atoms with Gasteiger partial charge in [-0.2, -0.15) is 0 Å². The summed E-state index contributed by atoms with van der Waals surface area (Å²) < 4.78 is 1.12. The Bertz CT molecular complexity index is 565. The Morgan fingerprint density at radius 1 is 1.05 bits per heavy atom. The van der Waals surface area contributed by atoms with E-state index < -0.39 is 0 Å². The summed E-state index contributed by atoms with van der Waals surface area (Å²) in [6.45, 7) is 3.18. The van der Waals surface area contributed by atoms with Crippen LogP contribution in [0.4, 0.5) is 11.4 Å². The number of aryl methyl sites for hydroxylation is 1. The Morgan fingerprint density at radius 3 is 2.70 bits per heavy atom. The Balaban J connectivity index is 1.58. The van der Waals surface area contributed by atoms with Gasteiger partial charge in [-0.25, -0.2) is 0 Å². The lowest BCUT2D eigenvalue weighted by Gasteiger charge is -2.31. The van der Waals surface area contributed by atoms with Gasteiger partial charge in [0, 0.05) is 35.5 Å². The minimum atomic E-state index is 0.968. The largest absolute Gasteiger partial charge is 0.383 e. The van der Waals surface area contributed by atoms with Crippen LogP contribution in [0.5, 0.6) is 0 Å². The molecule has 0 saturated carbocycles. The minimum Gasteiger partial charge on any atom is -0.383 e. The fourth-order valence-electron chi connectivity index (χ4n) is 2.75. The molecule has 2 nitrogen and oxygen atoms in total. The highest BCUT2D eigenvalue weighted by molar-refractivity contribution is 9.10. The first-order valence-corrected chi connectivity index (χ1v) is 7.94. The van der Waals surface area contributed by atoms with Crippen molar-refractivity contribution in [3.8, 4) is 0 Å². The lowest BCUT2D eigenvalue weighted by atomic mass is 10.0. The van der Waals surface area contributed by atoms with Gasteiger partial charge in [-0.05, 0) is 48.7 Å². The van der Waals surface area contributed by atoms with E-state index in [-0.39, 0.29) is 0 Å². The monoisotopic (exact) mass is 330 g/mol. The summed E-state index contributed by atoms with van der Waals surface area (Å²) >= 11 is 3.46. The maximum atomic E-state index is 3.49. The number of para-hydroxylation sites is 1. The summed E-state index contributed by atoms with van der Waals surface area (Å²) in [4.78, 5) is 2.49. The van der Waals surface area contributed by atoms with Gasteiger partial charge < -0.3 is 10.2 Å². The van der Waals surface area contributed by atoms with Crippen LogP contribution in [-0.2, 0) is 6.42 Å². The van der Waals surface area contributed by atoms with Crippen molar-refractivity contribution in [2.24, 2.45) is 0 Å². The van der Waals surface area contributed by atoms with Crippen molar-refractivity contribution < 1.29 is 0 Å². The van der Waals surface area contributed by atoms with Crippen molar-refractivity contribution in [2.45, 2.75) is 12.8 Å². The van der Waals surface area contributed by atoms with Crippen molar-refractivity contribution >= 4 is 27.3 Å². The van der Waals surface area contributed by atoms with E-state index in [9.17, 15) is 0 Å². The van der Waals surface area contributed by atoms with Crippen molar-refractivity contribution in [1.82, 2.24) is 0 Å². The molecule has 0 atom stereocenters. The maximum Gasteiger partial charge on any atom is 0.0399 e. The molecule has 3 heteroatoms. The predicted octanol–water partition coefficient (Wildman–Crippen LogP) is 4.31. The third kappa shape index (κ3) is 3.15. The molecule has 0 aliphatic carbocycles. The predicted molar refractivity (Wildman–Crippen MR) is 89.6 cm³/mol. The Kier molecular flexibility index (Phi) is 4.26. The highest BCUT2D eigenvalue weighted by Crippen LogP contribution is 2.26. The van der Waals surface area contributed by atoms with Gasteiger partial charge in [0.2, 0.25) is 0 Å². The molecule has 3 rings (SSSR count). The van der Waals surface area contributed by atoms with Crippen LogP contribution in [0.15, 0.2) is 53.0 Å². The van der Waals surface area contributed by atoms with E-state index >= 15 is 0 Å². The quantitative estimate of drug-likeness (QED) is 0.898. The van der Waals surface area contributed by atoms with Gasteiger partial charge >= 0.3 is 0 Å². The number of nitrogens with zero attached hydrogens (tertiary/aromatic N) is 1. The van der Waals surface area contributed by atoms with Gasteiger partial charge in [0.05, 0.1) is 0 Å². The van der Waals surface area contributed by atoms with Crippen LogP contribution in [0.3, 0.4) is 0 Å². The molecule has 1 heterocycles. The minimum absolute atomic E-state index is 0.968. The second-order valence-electron chi connectivity index (χ2n) is 5.15. The number of anilines is 2. The number of fused-ring (bicyclic) bond motifs is 1. The first-order valence-electron chi connectivity index (χ1n) is 7.15. The number of hydrogen-bond acceptors (Lipinski definition) is 2. The van der Waals surface area contributed by atoms with E-state index in [0.717, 1.165) is 17.6 Å². The normalized spacial score (nSPS) is 13.9. The number of rotatable bonds is 4. The molecular weight excluding hydrogens is 312 g/mol. The molecule has 0 aromatic heterocycles. The van der Waals surface area contributed by atoms with Crippen LogP contribution in [0.25, 0.3) is 0 Å². The van der Waals surface area contributed by atoms with E-state index in [1.165, 1.54) is 36.3 Å². The number of nitrogens with one attached hydrogen (secondary N) is 1. The van der Waals surface area contributed by atoms with Crippen LogP contribution >= 0.6 is 15.9 Å². The summed E-state index contributed by atoms with van der Waals surface area (Å²) in [5, 5.41) is 3.49. The SMILES string of the molecule is Brc1ccc(NCCN2CCCc3ccccc32)cc1. The molecule has 104 valence electrons. The molecule has 1 aliphatic rings. The third-order valence-electron chi connectivity index (χ3n) is 3.76. The molecule has 1 aliphatic heterocycles.